The molecule has 0 radical (unpaired) electrons. The number of rotatable bonds is 12. The van der Waals surface area contributed by atoms with Gasteiger partial charge in [-0.3, -0.25) is 9.11 Å². The molecule has 0 spiro atoms. The summed E-state index contributed by atoms with van der Waals surface area (Å²) in [6, 6.07) is 7.08. The third-order valence-electron chi connectivity index (χ3n) is 4.50. The molecule has 0 aliphatic heterocycles. The van der Waals surface area contributed by atoms with Crippen molar-refractivity contribution in [2.75, 3.05) is 0 Å². The van der Waals surface area contributed by atoms with E-state index in [9.17, 15) is 0 Å². The Morgan fingerprint density at radius 1 is 0.692 bits per heavy atom. The summed E-state index contributed by atoms with van der Waals surface area (Å²) in [5, 5.41) is 0. The van der Waals surface area contributed by atoms with Crippen molar-refractivity contribution in [2.24, 2.45) is 0 Å². The number of hydrogen-bond donors (Lipinski definition) is 2. The van der Waals surface area contributed by atoms with E-state index in [2.05, 4.69) is 39.0 Å². The van der Waals surface area contributed by atoms with E-state index in [0.717, 1.165) is 0 Å². The standard InChI is InChI=1S/C21H36.H2O4S/c1-4-7-10-14-19-16-13-17-20(15-11-8-5-2)21(19)18-12-9-6-3;1-5(2,3)4/h13,16-17H,4-12,14-15,18H2,1-3H3;(H2,1,2,3,4). The fraction of sp³-hybridized carbons (Fsp3) is 0.714. The van der Waals surface area contributed by atoms with Crippen molar-refractivity contribution in [1.29, 1.82) is 0 Å². The van der Waals surface area contributed by atoms with Crippen LogP contribution in [0.25, 0.3) is 0 Å². The summed E-state index contributed by atoms with van der Waals surface area (Å²) in [5.41, 5.74) is 5.00. The van der Waals surface area contributed by atoms with Crippen molar-refractivity contribution < 1.29 is 17.5 Å². The fourth-order valence-electron chi connectivity index (χ4n) is 3.16. The van der Waals surface area contributed by atoms with E-state index in [4.69, 9.17) is 17.5 Å². The Kier molecular flexibility index (Phi) is 14.6. The van der Waals surface area contributed by atoms with Crippen LogP contribution in [-0.2, 0) is 29.7 Å². The number of benzene rings is 1. The van der Waals surface area contributed by atoms with Crippen molar-refractivity contribution in [3.8, 4) is 0 Å². The SMILES string of the molecule is CCCCCc1cccc(CCCCC)c1CCCCC.O=S(=O)(O)O. The van der Waals surface area contributed by atoms with Crippen LogP contribution in [0.2, 0.25) is 0 Å². The lowest BCUT2D eigenvalue weighted by Crippen LogP contribution is -2.01. The highest BCUT2D eigenvalue weighted by Crippen LogP contribution is 2.22. The first-order valence-corrected chi connectivity index (χ1v) is 11.5. The number of aryl methyl sites for hydroxylation is 2. The van der Waals surface area contributed by atoms with Gasteiger partial charge in [-0.05, 0) is 55.2 Å². The zero-order valence-corrected chi connectivity index (χ0v) is 17.7. The minimum absolute atomic E-state index is 1.29. The van der Waals surface area contributed by atoms with Gasteiger partial charge in [0.1, 0.15) is 0 Å². The molecule has 5 heteroatoms. The van der Waals surface area contributed by atoms with Gasteiger partial charge in [-0.25, -0.2) is 0 Å². The molecule has 26 heavy (non-hydrogen) atoms. The summed E-state index contributed by atoms with van der Waals surface area (Å²) >= 11 is 0. The summed E-state index contributed by atoms with van der Waals surface area (Å²) in [7, 11) is -4.67. The fourth-order valence-corrected chi connectivity index (χ4v) is 3.16. The molecule has 0 saturated carbocycles. The molecule has 0 saturated heterocycles. The molecule has 0 aromatic heterocycles. The summed E-state index contributed by atoms with van der Waals surface area (Å²) in [5.74, 6) is 0. The van der Waals surface area contributed by atoms with Gasteiger partial charge >= 0.3 is 10.4 Å². The lowest BCUT2D eigenvalue weighted by atomic mass is 9.90. The van der Waals surface area contributed by atoms with Crippen LogP contribution >= 0.6 is 0 Å². The Balaban J connectivity index is 0.00000110. The van der Waals surface area contributed by atoms with Crippen molar-refractivity contribution >= 4 is 10.4 Å². The van der Waals surface area contributed by atoms with Crippen molar-refractivity contribution in [1.82, 2.24) is 0 Å². The van der Waals surface area contributed by atoms with E-state index in [1.54, 1.807) is 16.7 Å². The van der Waals surface area contributed by atoms with E-state index in [-0.39, 0.29) is 0 Å². The van der Waals surface area contributed by atoms with Crippen LogP contribution in [0.4, 0.5) is 0 Å². The normalized spacial score (nSPS) is 11.1. The Labute approximate surface area is 161 Å². The highest BCUT2D eigenvalue weighted by molar-refractivity contribution is 7.79. The Morgan fingerprint density at radius 2 is 1.04 bits per heavy atom. The molecule has 0 heterocycles. The molecular weight excluding hydrogens is 348 g/mol. The van der Waals surface area contributed by atoms with Crippen LogP contribution in [0.3, 0.4) is 0 Å². The molecule has 2 N–H and O–H groups in total. The third kappa shape index (κ3) is 14.3. The molecule has 0 unspecified atom stereocenters. The Hall–Kier alpha value is -0.910. The number of hydrogen-bond acceptors (Lipinski definition) is 2. The van der Waals surface area contributed by atoms with Gasteiger partial charge in [0.05, 0.1) is 0 Å². The first kappa shape index (κ1) is 25.1. The summed E-state index contributed by atoms with van der Waals surface area (Å²) in [6.07, 6.45) is 16.0. The van der Waals surface area contributed by atoms with Gasteiger partial charge in [0.15, 0.2) is 0 Å². The predicted molar refractivity (Wildman–Crippen MR) is 110 cm³/mol. The lowest BCUT2D eigenvalue weighted by Gasteiger charge is -2.15. The average Bonchev–Trinajstić information content (AvgIpc) is 2.56. The van der Waals surface area contributed by atoms with E-state index in [1.165, 1.54) is 77.0 Å². The topological polar surface area (TPSA) is 74.6 Å². The van der Waals surface area contributed by atoms with Gasteiger partial charge in [-0.2, -0.15) is 8.42 Å². The predicted octanol–water partition coefficient (Wildman–Crippen LogP) is 6.23. The molecule has 0 bridgehead atoms. The molecule has 0 aliphatic rings. The van der Waals surface area contributed by atoms with Gasteiger partial charge in [0, 0.05) is 0 Å². The van der Waals surface area contributed by atoms with Crippen LogP contribution in [-0.4, -0.2) is 17.5 Å². The second kappa shape index (κ2) is 15.2. The average molecular weight is 387 g/mol. The van der Waals surface area contributed by atoms with Gasteiger partial charge in [0.2, 0.25) is 0 Å². The van der Waals surface area contributed by atoms with Gasteiger partial charge in [-0.15, -0.1) is 0 Å². The maximum absolute atomic E-state index is 8.74. The first-order valence-electron chi connectivity index (χ1n) is 10.1. The molecule has 0 atom stereocenters. The zero-order valence-electron chi connectivity index (χ0n) is 16.8. The summed E-state index contributed by atoms with van der Waals surface area (Å²) < 4.78 is 31.6. The molecule has 1 aromatic carbocycles. The van der Waals surface area contributed by atoms with Crippen LogP contribution < -0.4 is 0 Å². The quantitative estimate of drug-likeness (QED) is 0.330. The van der Waals surface area contributed by atoms with Crippen LogP contribution in [0.15, 0.2) is 18.2 Å². The van der Waals surface area contributed by atoms with Crippen molar-refractivity contribution in [3.63, 3.8) is 0 Å². The van der Waals surface area contributed by atoms with Gasteiger partial charge in [0.25, 0.3) is 0 Å². The molecule has 0 amide bonds. The molecule has 0 fully saturated rings. The Morgan fingerprint density at radius 3 is 1.38 bits per heavy atom. The molecule has 1 rings (SSSR count). The van der Waals surface area contributed by atoms with Crippen molar-refractivity contribution in [3.05, 3.63) is 34.9 Å². The maximum atomic E-state index is 8.74. The third-order valence-corrected chi connectivity index (χ3v) is 4.50. The second-order valence-corrected chi connectivity index (χ2v) is 7.77. The van der Waals surface area contributed by atoms with E-state index < -0.39 is 10.4 Å². The highest BCUT2D eigenvalue weighted by atomic mass is 32.3. The second-order valence-electron chi connectivity index (χ2n) is 6.87. The van der Waals surface area contributed by atoms with E-state index >= 15 is 0 Å². The number of unbranched alkanes of at least 4 members (excludes halogenated alkanes) is 6. The Bertz CT molecular complexity index is 531. The largest absolute Gasteiger partial charge is 0.394 e. The van der Waals surface area contributed by atoms with E-state index in [0.29, 0.717) is 0 Å². The molecule has 1 aromatic rings. The van der Waals surface area contributed by atoms with Crippen LogP contribution in [0.5, 0.6) is 0 Å². The van der Waals surface area contributed by atoms with Crippen LogP contribution in [0.1, 0.15) is 95.2 Å². The minimum Gasteiger partial charge on any atom is -0.264 e. The maximum Gasteiger partial charge on any atom is 0.394 e. The van der Waals surface area contributed by atoms with E-state index in [1.807, 2.05) is 0 Å². The minimum atomic E-state index is -4.67. The first-order chi connectivity index (χ1) is 12.3. The molecule has 0 aliphatic carbocycles. The van der Waals surface area contributed by atoms with Crippen LogP contribution in [0, 0.1) is 0 Å². The smallest absolute Gasteiger partial charge is 0.264 e. The summed E-state index contributed by atoms with van der Waals surface area (Å²) in [6.45, 7) is 6.89. The molecule has 152 valence electrons. The molecular formula is C21H38O4S. The monoisotopic (exact) mass is 386 g/mol. The van der Waals surface area contributed by atoms with Crippen molar-refractivity contribution in [2.45, 2.75) is 97.8 Å². The summed E-state index contributed by atoms with van der Waals surface area (Å²) in [4.78, 5) is 0. The van der Waals surface area contributed by atoms with Gasteiger partial charge < -0.3 is 0 Å². The van der Waals surface area contributed by atoms with Gasteiger partial charge in [-0.1, -0.05) is 77.5 Å². The molecule has 4 nitrogen and oxygen atoms in total. The highest BCUT2D eigenvalue weighted by Gasteiger charge is 2.08. The zero-order chi connectivity index (χ0) is 19.8. The lowest BCUT2D eigenvalue weighted by molar-refractivity contribution is 0.381.